The van der Waals surface area contributed by atoms with Crippen molar-refractivity contribution in [2.24, 2.45) is 0 Å². The molecule has 3 heterocycles. The zero-order valence-electron chi connectivity index (χ0n) is 22.4. The fraction of sp³-hybridized carbons (Fsp3) is 0. The lowest BCUT2D eigenvalue weighted by Crippen LogP contribution is -2.27. The minimum Gasteiger partial charge on any atom is -0.309 e. The van der Waals surface area contributed by atoms with Crippen molar-refractivity contribution in [3.63, 3.8) is 0 Å². The van der Waals surface area contributed by atoms with E-state index in [9.17, 15) is 9.59 Å². The molecule has 4 heteroatoms. The first-order chi connectivity index (χ1) is 20.7. The molecule has 9 rings (SSSR count). The van der Waals surface area contributed by atoms with Crippen LogP contribution in [0, 0.1) is 0 Å². The minimum atomic E-state index is -0.277. The number of benzene rings is 6. The molecule has 196 valence electrons. The summed E-state index contributed by atoms with van der Waals surface area (Å²) in [5.74, 6) is 0. The summed E-state index contributed by atoms with van der Waals surface area (Å²) in [5, 5.41) is 6.97. The zero-order chi connectivity index (χ0) is 27.9. The van der Waals surface area contributed by atoms with Gasteiger partial charge in [0.2, 0.25) is 0 Å². The molecule has 6 aromatic carbocycles. The van der Waals surface area contributed by atoms with Gasteiger partial charge in [-0.3, -0.25) is 9.59 Å². The van der Waals surface area contributed by atoms with Crippen LogP contribution >= 0.6 is 0 Å². The highest BCUT2D eigenvalue weighted by Crippen LogP contribution is 2.38. The van der Waals surface area contributed by atoms with Crippen LogP contribution in [0.4, 0.5) is 0 Å². The van der Waals surface area contributed by atoms with Gasteiger partial charge in [0.1, 0.15) is 0 Å². The highest BCUT2D eigenvalue weighted by Gasteiger charge is 2.19. The Kier molecular flexibility index (Phi) is 4.59. The fourth-order valence-corrected chi connectivity index (χ4v) is 6.80. The van der Waals surface area contributed by atoms with Crippen LogP contribution in [-0.4, -0.2) is 8.97 Å². The van der Waals surface area contributed by atoms with Crippen molar-refractivity contribution in [1.82, 2.24) is 8.97 Å². The summed E-state index contributed by atoms with van der Waals surface area (Å²) >= 11 is 0. The van der Waals surface area contributed by atoms with E-state index in [1.165, 1.54) is 15.2 Å². The molecule has 0 aliphatic rings. The van der Waals surface area contributed by atoms with Gasteiger partial charge in [0.15, 0.2) is 0 Å². The van der Waals surface area contributed by atoms with Crippen LogP contribution in [0.25, 0.3) is 76.5 Å². The molecule has 0 aliphatic heterocycles. The third-order valence-electron chi connectivity index (χ3n) is 8.66. The standard InChI is InChI=1S/C38H22N2O2/c41-37-30-15-6-4-12-26(30)32-20-24(21-33-27-13-5-7-16-31(27)38(42)40(37)36(32)33)23-18-19-29-28-14-8-9-17-34(28)39(35(29)22-23)25-10-2-1-3-11-25/h1-22H. The second-order valence-electron chi connectivity index (χ2n) is 10.9. The summed E-state index contributed by atoms with van der Waals surface area (Å²) in [4.78, 5) is 27.4. The Morgan fingerprint density at radius 3 is 1.55 bits per heavy atom. The van der Waals surface area contributed by atoms with Gasteiger partial charge in [-0.05, 0) is 70.4 Å². The maximum Gasteiger partial charge on any atom is 0.266 e. The highest BCUT2D eigenvalue weighted by atomic mass is 16.2. The summed E-state index contributed by atoms with van der Waals surface area (Å²) in [6, 6.07) is 45.0. The molecule has 0 bridgehead atoms. The molecule has 0 radical (unpaired) electrons. The van der Waals surface area contributed by atoms with E-state index in [0.29, 0.717) is 16.3 Å². The normalized spacial score (nSPS) is 12.0. The van der Waals surface area contributed by atoms with Gasteiger partial charge in [-0.25, -0.2) is 4.40 Å². The smallest absolute Gasteiger partial charge is 0.266 e. The molecule has 0 aliphatic carbocycles. The van der Waals surface area contributed by atoms with Crippen LogP contribution in [0.1, 0.15) is 0 Å². The molecular formula is C38H22N2O2. The Morgan fingerprint density at radius 2 is 0.905 bits per heavy atom. The van der Waals surface area contributed by atoms with Gasteiger partial charge in [-0.1, -0.05) is 84.9 Å². The second kappa shape index (κ2) is 8.38. The van der Waals surface area contributed by atoms with E-state index in [-0.39, 0.29) is 11.1 Å². The van der Waals surface area contributed by atoms with E-state index in [4.69, 9.17) is 0 Å². The first kappa shape index (κ1) is 23.0. The molecule has 9 aromatic rings. The highest BCUT2D eigenvalue weighted by molar-refractivity contribution is 6.19. The van der Waals surface area contributed by atoms with E-state index < -0.39 is 0 Å². The SMILES string of the molecule is O=c1c2ccccc2c2cc(-c3ccc4c5ccccc5n(-c5ccccc5)c4c3)cc3c4ccccc4c(=O)n1c23. The molecule has 3 aromatic heterocycles. The Bertz CT molecular complexity index is 2560. The molecule has 0 saturated heterocycles. The van der Waals surface area contributed by atoms with Crippen molar-refractivity contribution in [3.8, 4) is 16.8 Å². The minimum absolute atomic E-state index is 0.277. The van der Waals surface area contributed by atoms with Gasteiger partial charge in [0.25, 0.3) is 11.1 Å². The van der Waals surface area contributed by atoms with Crippen molar-refractivity contribution < 1.29 is 0 Å². The van der Waals surface area contributed by atoms with Gasteiger partial charge in [-0.2, -0.15) is 0 Å². The largest absolute Gasteiger partial charge is 0.309 e. The molecule has 0 N–H and O–H groups in total. The van der Waals surface area contributed by atoms with Gasteiger partial charge in [0.05, 0.1) is 16.6 Å². The van der Waals surface area contributed by atoms with Crippen LogP contribution in [0.3, 0.4) is 0 Å². The van der Waals surface area contributed by atoms with E-state index in [1.54, 1.807) is 0 Å². The Morgan fingerprint density at radius 1 is 0.381 bits per heavy atom. The third kappa shape index (κ3) is 3.01. The monoisotopic (exact) mass is 538 g/mol. The van der Waals surface area contributed by atoms with E-state index in [0.717, 1.165) is 49.4 Å². The number of hydrogen-bond donors (Lipinski definition) is 0. The first-order valence-electron chi connectivity index (χ1n) is 14.0. The van der Waals surface area contributed by atoms with E-state index >= 15 is 0 Å². The summed E-state index contributed by atoms with van der Waals surface area (Å²) < 4.78 is 3.69. The number of nitrogens with zero attached hydrogens (tertiary/aromatic N) is 2. The predicted molar refractivity (Wildman–Crippen MR) is 173 cm³/mol. The van der Waals surface area contributed by atoms with Crippen LogP contribution < -0.4 is 11.1 Å². The predicted octanol–water partition coefficient (Wildman–Crippen LogP) is 8.32. The number of fused-ring (bicyclic) bond motifs is 7. The number of hydrogen-bond acceptors (Lipinski definition) is 2. The molecule has 4 nitrogen and oxygen atoms in total. The maximum atomic E-state index is 13.7. The molecule has 0 saturated carbocycles. The lowest BCUT2D eigenvalue weighted by atomic mass is 9.94. The quantitative estimate of drug-likeness (QED) is 0.164. The van der Waals surface area contributed by atoms with Crippen molar-refractivity contribution in [2.75, 3.05) is 0 Å². The molecule has 42 heavy (non-hydrogen) atoms. The average Bonchev–Trinajstić information content (AvgIpc) is 3.38. The molecular weight excluding hydrogens is 516 g/mol. The van der Waals surface area contributed by atoms with Crippen LogP contribution in [0.5, 0.6) is 0 Å². The molecule has 0 amide bonds. The van der Waals surface area contributed by atoms with Crippen molar-refractivity contribution in [1.29, 1.82) is 0 Å². The van der Waals surface area contributed by atoms with Gasteiger partial charge < -0.3 is 4.57 Å². The van der Waals surface area contributed by atoms with Crippen molar-refractivity contribution >= 4 is 59.6 Å². The number of pyridine rings is 2. The van der Waals surface area contributed by atoms with Crippen molar-refractivity contribution in [3.05, 3.63) is 154 Å². The van der Waals surface area contributed by atoms with Crippen LogP contribution in [-0.2, 0) is 0 Å². The lowest BCUT2D eigenvalue weighted by molar-refractivity contribution is 1.09. The second-order valence-corrected chi connectivity index (χ2v) is 10.9. The molecule has 0 fully saturated rings. The summed E-state index contributed by atoms with van der Waals surface area (Å²) in [6.07, 6.45) is 0. The molecule has 0 spiro atoms. The summed E-state index contributed by atoms with van der Waals surface area (Å²) in [5.41, 5.74) is 5.61. The average molecular weight is 539 g/mol. The first-order valence-corrected chi connectivity index (χ1v) is 14.0. The Labute approximate surface area is 239 Å². The van der Waals surface area contributed by atoms with E-state index in [2.05, 4.69) is 83.4 Å². The third-order valence-corrected chi connectivity index (χ3v) is 8.66. The topological polar surface area (TPSA) is 43.5 Å². The molecule has 0 unspecified atom stereocenters. The summed E-state index contributed by atoms with van der Waals surface area (Å²) in [6.45, 7) is 0. The number of aromatic nitrogens is 2. The van der Waals surface area contributed by atoms with Gasteiger partial charge in [-0.15, -0.1) is 0 Å². The lowest BCUT2D eigenvalue weighted by Gasteiger charge is -2.15. The van der Waals surface area contributed by atoms with Crippen LogP contribution in [0.2, 0.25) is 0 Å². The number of para-hydroxylation sites is 2. The van der Waals surface area contributed by atoms with E-state index in [1.807, 2.05) is 54.6 Å². The maximum absolute atomic E-state index is 13.7. The zero-order valence-corrected chi connectivity index (χ0v) is 22.4. The Balaban J connectivity index is 1.44. The van der Waals surface area contributed by atoms with Crippen molar-refractivity contribution in [2.45, 2.75) is 0 Å². The Hall–Kier alpha value is -5.74. The molecule has 0 atom stereocenters. The van der Waals surface area contributed by atoms with Gasteiger partial charge >= 0.3 is 0 Å². The summed E-state index contributed by atoms with van der Waals surface area (Å²) in [7, 11) is 0. The number of rotatable bonds is 2. The van der Waals surface area contributed by atoms with Gasteiger partial charge in [0, 0.05) is 38.0 Å². The van der Waals surface area contributed by atoms with Crippen LogP contribution in [0.15, 0.2) is 143 Å². The fourth-order valence-electron chi connectivity index (χ4n) is 6.80.